The molecule has 1 aromatic heterocycles. The fourth-order valence-electron chi connectivity index (χ4n) is 0.931. The van der Waals surface area contributed by atoms with Crippen LogP contribution in [0.25, 0.3) is 0 Å². The van der Waals surface area contributed by atoms with Crippen molar-refractivity contribution in [2.24, 2.45) is 0 Å². The summed E-state index contributed by atoms with van der Waals surface area (Å²) in [6, 6.07) is 0. The first-order valence-electron chi connectivity index (χ1n) is 4.39. The molecule has 1 rings (SSSR count). The first-order valence-corrected chi connectivity index (χ1v) is 4.39. The lowest BCUT2D eigenvalue weighted by Crippen LogP contribution is -2.26. The number of carboxylic acid groups (broad SMARTS) is 1. The van der Waals surface area contributed by atoms with Crippen molar-refractivity contribution >= 4 is 11.9 Å². The fourth-order valence-corrected chi connectivity index (χ4v) is 0.931. The van der Waals surface area contributed by atoms with E-state index in [9.17, 15) is 9.59 Å². The molecule has 0 bridgehead atoms. The van der Waals surface area contributed by atoms with Gasteiger partial charge in [0.15, 0.2) is 5.82 Å². The van der Waals surface area contributed by atoms with Crippen molar-refractivity contribution in [2.45, 2.75) is 19.3 Å². The summed E-state index contributed by atoms with van der Waals surface area (Å²) in [5, 5.41) is 23.6. The molecule has 1 aromatic rings. The van der Waals surface area contributed by atoms with E-state index in [1.807, 2.05) is 0 Å². The minimum absolute atomic E-state index is 0.0441. The molecule has 8 heteroatoms. The van der Waals surface area contributed by atoms with Crippen LogP contribution in [-0.2, 0) is 16.0 Å². The first kappa shape index (κ1) is 11.1. The fraction of sp³-hybridized carbons (Fsp3) is 0.571. The summed E-state index contributed by atoms with van der Waals surface area (Å²) in [7, 11) is 0. The van der Waals surface area contributed by atoms with E-state index in [0.717, 1.165) is 0 Å². The highest BCUT2D eigenvalue weighted by Gasteiger charge is 2.06. The second-order valence-electron chi connectivity index (χ2n) is 2.85. The van der Waals surface area contributed by atoms with Gasteiger partial charge in [-0.3, -0.25) is 9.59 Å². The summed E-state index contributed by atoms with van der Waals surface area (Å²) < 4.78 is 0. The number of carbonyl (C=O) groups excluding carboxylic acids is 1. The van der Waals surface area contributed by atoms with Gasteiger partial charge in [0.25, 0.3) is 0 Å². The van der Waals surface area contributed by atoms with Crippen LogP contribution in [0.4, 0.5) is 0 Å². The van der Waals surface area contributed by atoms with Crippen LogP contribution >= 0.6 is 0 Å². The minimum atomic E-state index is -0.873. The number of amides is 1. The van der Waals surface area contributed by atoms with E-state index in [2.05, 4.69) is 25.9 Å². The third-order valence-corrected chi connectivity index (χ3v) is 1.60. The zero-order chi connectivity index (χ0) is 11.1. The Kier molecular flexibility index (Phi) is 4.20. The Balaban J connectivity index is 2.11. The van der Waals surface area contributed by atoms with Crippen molar-refractivity contribution in [2.75, 3.05) is 6.54 Å². The van der Waals surface area contributed by atoms with E-state index in [0.29, 0.717) is 18.8 Å². The minimum Gasteiger partial charge on any atom is -0.481 e. The maximum atomic E-state index is 11.2. The number of rotatable bonds is 6. The lowest BCUT2D eigenvalue weighted by molar-refractivity contribution is -0.137. The molecule has 0 radical (unpaired) electrons. The third-order valence-electron chi connectivity index (χ3n) is 1.60. The molecule has 8 nitrogen and oxygen atoms in total. The van der Waals surface area contributed by atoms with Gasteiger partial charge in [0.05, 0.1) is 6.42 Å². The number of carboxylic acids is 1. The van der Waals surface area contributed by atoms with Crippen LogP contribution < -0.4 is 5.32 Å². The number of nitrogens with zero attached hydrogens (tertiary/aromatic N) is 3. The van der Waals surface area contributed by atoms with Crippen LogP contribution in [0.15, 0.2) is 0 Å². The van der Waals surface area contributed by atoms with Crippen LogP contribution in [0.1, 0.15) is 18.7 Å². The Morgan fingerprint density at radius 1 is 1.47 bits per heavy atom. The molecule has 0 fully saturated rings. The van der Waals surface area contributed by atoms with E-state index in [1.54, 1.807) is 0 Å². The Bertz CT molecular complexity index is 323. The molecular formula is C7H11N5O3. The number of hydrogen-bond acceptors (Lipinski definition) is 5. The van der Waals surface area contributed by atoms with Crippen molar-refractivity contribution in [3.05, 3.63) is 5.82 Å². The molecule has 3 N–H and O–H groups in total. The van der Waals surface area contributed by atoms with E-state index in [-0.39, 0.29) is 18.7 Å². The Morgan fingerprint density at radius 2 is 2.27 bits per heavy atom. The van der Waals surface area contributed by atoms with Gasteiger partial charge in [-0.15, -0.1) is 10.2 Å². The van der Waals surface area contributed by atoms with Crippen molar-refractivity contribution in [1.29, 1.82) is 0 Å². The van der Waals surface area contributed by atoms with Crippen molar-refractivity contribution in [3.63, 3.8) is 0 Å². The standard InChI is InChI=1S/C7H11N5O3/c13-6(4-5-9-11-12-10-5)8-3-1-2-7(14)15/h1-4H2,(H,8,13)(H,14,15)(H,9,10,11,12). The third kappa shape index (κ3) is 4.69. The topological polar surface area (TPSA) is 121 Å². The number of aromatic amines is 1. The van der Waals surface area contributed by atoms with Gasteiger partial charge in [0, 0.05) is 13.0 Å². The summed E-state index contributed by atoms with van der Waals surface area (Å²) in [6.45, 7) is 0.336. The quantitative estimate of drug-likeness (QED) is 0.506. The van der Waals surface area contributed by atoms with E-state index in [4.69, 9.17) is 5.11 Å². The normalized spacial score (nSPS) is 9.87. The van der Waals surface area contributed by atoms with Crippen molar-refractivity contribution in [1.82, 2.24) is 25.9 Å². The van der Waals surface area contributed by atoms with Gasteiger partial charge < -0.3 is 10.4 Å². The van der Waals surface area contributed by atoms with Crippen LogP contribution in [0.3, 0.4) is 0 Å². The summed E-state index contributed by atoms with van der Waals surface area (Å²) in [6.07, 6.45) is 0.499. The summed E-state index contributed by atoms with van der Waals surface area (Å²) in [5.41, 5.74) is 0. The second kappa shape index (κ2) is 5.68. The zero-order valence-electron chi connectivity index (χ0n) is 7.93. The predicted octanol–water partition coefficient (Wildman–Crippen LogP) is -1.28. The molecule has 0 aromatic carbocycles. The van der Waals surface area contributed by atoms with Crippen LogP contribution in [-0.4, -0.2) is 44.2 Å². The van der Waals surface area contributed by atoms with Gasteiger partial charge in [-0.2, -0.15) is 5.21 Å². The molecule has 1 amide bonds. The molecule has 0 saturated heterocycles. The van der Waals surface area contributed by atoms with Crippen molar-refractivity contribution in [3.8, 4) is 0 Å². The predicted molar refractivity (Wildman–Crippen MR) is 47.8 cm³/mol. The molecule has 0 aliphatic heterocycles. The second-order valence-corrected chi connectivity index (χ2v) is 2.85. The molecule has 0 atom stereocenters. The van der Waals surface area contributed by atoms with Gasteiger partial charge in [-0.1, -0.05) is 5.21 Å². The lowest BCUT2D eigenvalue weighted by Gasteiger charge is -2.01. The van der Waals surface area contributed by atoms with Gasteiger partial charge >= 0.3 is 5.97 Å². The van der Waals surface area contributed by atoms with Gasteiger partial charge in [0.2, 0.25) is 5.91 Å². The number of aliphatic carboxylic acids is 1. The molecular weight excluding hydrogens is 202 g/mol. The largest absolute Gasteiger partial charge is 0.481 e. The average Bonchev–Trinajstić information content (AvgIpc) is 2.64. The number of nitrogens with one attached hydrogen (secondary N) is 2. The summed E-state index contributed by atoms with van der Waals surface area (Å²) in [4.78, 5) is 21.3. The molecule has 0 spiro atoms. The molecule has 0 aliphatic rings. The van der Waals surface area contributed by atoms with Crippen LogP contribution in [0, 0.1) is 0 Å². The van der Waals surface area contributed by atoms with E-state index < -0.39 is 5.97 Å². The molecule has 0 saturated carbocycles. The van der Waals surface area contributed by atoms with Crippen molar-refractivity contribution < 1.29 is 14.7 Å². The molecule has 15 heavy (non-hydrogen) atoms. The highest BCUT2D eigenvalue weighted by molar-refractivity contribution is 5.77. The van der Waals surface area contributed by atoms with Gasteiger partial charge in [0.1, 0.15) is 0 Å². The highest BCUT2D eigenvalue weighted by atomic mass is 16.4. The van der Waals surface area contributed by atoms with E-state index >= 15 is 0 Å². The molecule has 1 heterocycles. The summed E-state index contributed by atoms with van der Waals surface area (Å²) >= 11 is 0. The Morgan fingerprint density at radius 3 is 2.87 bits per heavy atom. The van der Waals surface area contributed by atoms with Gasteiger partial charge in [-0.05, 0) is 6.42 Å². The number of aromatic nitrogens is 4. The van der Waals surface area contributed by atoms with Crippen LogP contribution in [0.2, 0.25) is 0 Å². The number of carbonyl (C=O) groups is 2. The monoisotopic (exact) mass is 213 g/mol. The number of tetrazole rings is 1. The average molecular weight is 213 g/mol. The first-order chi connectivity index (χ1) is 7.18. The maximum absolute atomic E-state index is 11.2. The molecule has 82 valence electrons. The van der Waals surface area contributed by atoms with Crippen LogP contribution in [0.5, 0.6) is 0 Å². The molecule has 0 unspecified atom stereocenters. The van der Waals surface area contributed by atoms with E-state index in [1.165, 1.54) is 0 Å². The Labute approximate surface area is 85.1 Å². The number of H-pyrrole nitrogens is 1. The maximum Gasteiger partial charge on any atom is 0.303 e. The smallest absolute Gasteiger partial charge is 0.303 e. The lowest BCUT2D eigenvalue weighted by atomic mass is 10.3. The summed E-state index contributed by atoms with van der Waals surface area (Å²) in [5.74, 6) is -0.810. The Hall–Kier alpha value is -1.99. The zero-order valence-corrected chi connectivity index (χ0v) is 7.93. The SMILES string of the molecule is O=C(O)CCCNC(=O)Cc1nn[nH]n1. The molecule has 0 aliphatic carbocycles. The number of hydrogen-bond donors (Lipinski definition) is 3. The highest BCUT2D eigenvalue weighted by Crippen LogP contribution is 1.88. The van der Waals surface area contributed by atoms with Gasteiger partial charge in [-0.25, -0.2) is 0 Å².